The summed E-state index contributed by atoms with van der Waals surface area (Å²) in [5.74, 6) is 0.916. The lowest BCUT2D eigenvalue weighted by atomic mass is 10.2. The second-order valence-electron chi connectivity index (χ2n) is 5.56. The van der Waals surface area contributed by atoms with E-state index in [0.29, 0.717) is 6.54 Å². The van der Waals surface area contributed by atoms with Gasteiger partial charge in [0.25, 0.3) is 0 Å². The Balaban J connectivity index is 1.77. The van der Waals surface area contributed by atoms with Crippen LogP contribution in [-0.4, -0.2) is 74.4 Å². The first-order valence-corrected chi connectivity index (χ1v) is 7.66. The summed E-state index contributed by atoms with van der Waals surface area (Å²) in [5, 5.41) is 8.82. The van der Waals surface area contributed by atoms with Crippen LogP contribution < -0.4 is 9.64 Å². The van der Waals surface area contributed by atoms with Crippen molar-refractivity contribution in [3.8, 4) is 5.75 Å². The highest BCUT2D eigenvalue weighted by Gasteiger charge is 2.19. The van der Waals surface area contributed by atoms with E-state index in [2.05, 4.69) is 15.9 Å². The van der Waals surface area contributed by atoms with Crippen molar-refractivity contribution < 1.29 is 14.6 Å². The molecular weight excluding hydrogens is 282 g/mol. The average molecular weight is 307 g/mol. The van der Waals surface area contributed by atoms with E-state index >= 15 is 0 Å². The Morgan fingerprint density at radius 3 is 2.59 bits per heavy atom. The molecule has 0 unspecified atom stereocenters. The van der Waals surface area contributed by atoms with Crippen molar-refractivity contribution in [2.75, 3.05) is 58.3 Å². The van der Waals surface area contributed by atoms with Crippen LogP contribution >= 0.6 is 0 Å². The third-order valence-corrected chi connectivity index (χ3v) is 4.09. The number of hydrogen-bond donors (Lipinski definition) is 1. The average Bonchev–Trinajstić information content (AvgIpc) is 2.55. The van der Waals surface area contributed by atoms with Crippen molar-refractivity contribution in [3.63, 3.8) is 0 Å². The Labute approximate surface area is 131 Å². The molecule has 1 amide bonds. The molecule has 1 heterocycles. The number of benzene rings is 1. The molecule has 1 fully saturated rings. The van der Waals surface area contributed by atoms with Crippen LogP contribution in [0.3, 0.4) is 0 Å². The molecule has 1 aromatic carbocycles. The molecule has 1 saturated heterocycles. The van der Waals surface area contributed by atoms with Gasteiger partial charge in [-0.3, -0.25) is 4.90 Å². The van der Waals surface area contributed by atoms with Gasteiger partial charge in [0.2, 0.25) is 0 Å². The van der Waals surface area contributed by atoms with Gasteiger partial charge in [-0.25, -0.2) is 4.79 Å². The van der Waals surface area contributed by atoms with Gasteiger partial charge in [-0.15, -0.1) is 0 Å². The normalized spacial score (nSPS) is 15.6. The maximum Gasteiger partial charge on any atom is 0.407 e. The number of amides is 1. The number of hydrogen-bond acceptors (Lipinski definition) is 4. The second kappa shape index (κ2) is 7.89. The van der Waals surface area contributed by atoms with Crippen LogP contribution in [0.15, 0.2) is 24.3 Å². The van der Waals surface area contributed by atoms with Gasteiger partial charge in [-0.05, 0) is 25.1 Å². The van der Waals surface area contributed by atoms with Crippen LogP contribution in [0.5, 0.6) is 5.75 Å². The van der Waals surface area contributed by atoms with Crippen LogP contribution in [0.4, 0.5) is 10.5 Å². The SMILES string of the molecule is COc1ccccc1N1CCN(CCCN(C)C(=O)O)CC1. The van der Waals surface area contributed by atoms with Crippen molar-refractivity contribution in [2.24, 2.45) is 0 Å². The summed E-state index contributed by atoms with van der Waals surface area (Å²) >= 11 is 0. The van der Waals surface area contributed by atoms with E-state index in [4.69, 9.17) is 9.84 Å². The number of nitrogens with zero attached hydrogens (tertiary/aromatic N) is 3. The second-order valence-corrected chi connectivity index (χ2v) is 5.56. The van der Waals surface area contributed by atoms with Gasteiger partial charge in [-0.1, -0.05) is 12.1 Å². The maximum absolute atomic E-state index is 10.7. The Morgan fingerprint density at radius 2 is 1.95 bits per heavy atom. The van der Waals surface area contributed by atoms with Crippen molar-refractivity contribution >= 4 is 11.8 Å². The number of methoxy groups -OCH3 is 1. The zero-order valence-corrected chi connectivity index (χ0v) is 13.4. The lowest BCUT2D eigenvalue weighted by Gasteiger charge is -2.36. The molecule has 6 nitrogen and oxygen atoms in total. The minimum atomic E-state index is -0.860. The predicted octanol–water partition coefficient (Wildman–Crippen LogP) is 1.82. The first kappa shape index (κ1) is 16.4. The maximum atomic E-state index is 10.7. The lowest BCUT2D eigenvalue weighted by Crippen LogP contribution is -2.47. The summed E-state index contributed by atoms with van der Waals surface area (Å²) in [5.41, 5.74) is 1.15. The number of piperazine rings is 1. The highest BCUT2D eigenvalue weighted by molar-refractivity contribution is 5.64. The molecule has 0 saturated carbocycles. The Hall–Kier alpha value is -1.95. The summed E-state index contributed by atoms with van der Waals surface area (Å²) in [6.45, 7) is 5.45. The molecule has 0 spiro atoms. The van der Waals surface area contributed by atoms with Gasteiger partial charge in [0, 0.05) is 39.8 Å². The molecule has 1 aliphatic heterocycles. The first-order valence-electron chi connectivity index (χ1n) is 7.66. The fraction of sp³-hybridized carbons (Fsp3) is 0.562. The molecule has 0 radical (unpaired) electrons. The molecule has 1 aromatic rings. The predicted molar refractivity (Wildman–Crippen MR) is 86.9 cm³/mol. The van der Waals surface area contributed by atoms with E-state index in [-0.39, 0.29) is 0 Å². The van der Waals surface area contributed by atoms with Gasteiger partial charge in [-0.2, -0.15) is 0 Å². The summed E-state index contributed by atoms with van der Waals surface area (Å²) in [6.07, 6.45) is 0.0123. The number of para-hydroxylation sites is 2. The van der Waals surface area contributed by atoms with Gasteiger partial charge in [0.15, 0.2) is 0 Å². The Kier molecular flexibility index (Phi) is 5.89. The highest BCUT2D eigenvalue weighted by atomic mass is 16.5. The van der Waals surface area contributed by atoms with E-state index in [0.717, 1.165) is 50.6 Å². The third kappa shape index (κ3) is 4.27. The molecule has 122 valence electrons. The summed E-state index contributed by atoms with van der Waals surface area (Å²) in [4.78, 5) is 16.8. The van der Waals surface area contributed by atoms with Crippen LogP contribution in [0.25, 0.3) is 0 Å². The fourth-order valence-electron chi connectivity index (χ4n) is 2.73. The molecule has 0 atom stereocenters. The summed E-state index contributed by atoms with van der Waals surface area (Å²) < 4.78 is 5.42. The van der Waals surface area contributed by atoms with Gasteiger partial charge in [0.1, 0.15) is 5.75 Å². The van der Waals surface area contributed by atoms with Crippen LogP contribution in [0.2, 0.25) is 0 Å². The largest absolute Gasteiger partial charge is 0.495 e. The number of anilines is 1. The summed E-state index contributed by atoms with van der Waals surface area (Å²) in [7, 11) is 3.32. The van der Waals surface area contributed by atoms with E-state index < -0.39 is 6.09 Å². The first-order chi connectivity index (χ1) is 10.6. The quantitative estimate of drug-likeness (QED) is 0.869. The molecule has 1 aliphatic rings. The molecule has 2 rings (SSSR count). The zero-order chi connectivity index (χ0) is 15.9. The lowest BCUT2D eigenvalue weighted by molar-refractivity contribution is 0.152. The van der Waals surface area contributed by atoms with E-state index in [1.165, 1.54) is 4.90 Å². The number of carbonyl (C=O) groups is 1. The highest BCUT2D eigenvalue weighted by Crippen LogP contribution is 2.28. The van der Waals surface area contributed by atoms with Crippen LogP contribution in [0.1, 0.15) is 6.42 Å². The third-order valence-electron chi connectivity index (χ3n) is 4.09. The molecule has 1 N–H and O–H groups in total. The number of carboxylic acid groups (broad SMARTS) is 1. The van der Waals surface area contributed by atoms with Crippen molar-refractivity contribution in [3.05, 3.63) is 24.3 Å². The summed E-state index contributed by atoms with van der Waals surface area (Å²) in [6, 6.07) is 8.10. The van der Waals surface area contributed by atoms with Crippen LogP contribution in [-0.2, 0) is 0 Å². The molecule has 0 aliphatic carbocycles. The van der Waals surface area contributed by atoms with Crippen molar-refractivity contribution in [1.82, 2.24) is 9.80 Å². The minimum Gasteiger partial charge on any atom is -0.495 e. The van der Waals surface area contributed by atoms with Gasteiger partial charge < -0.3 is 19.6 Å². The van der Waals surface area contributed by atoms with Gasteiger partial charge >= 0.3 is 6.09 Å². The molecular formula is C16H25N3O3. The number of rotatable bonds is 6. The monoisotopic (exact) mass is 307 g/mol. The fourth-order valence-corrected chi connectivity index (χ4v) is 2.73. The van der Waals surface area contributed by atoms with Crippen molar-refractivity contribution in [1.29, 1.82) is 0 Å². The smallest absolute Gasteiger partial charge is 0.407 e. The van der Waals surface area contributed by atoms with E-state index in [1.54, 1.807) is 14.2 Å². The Morgan fingerprint density at radius 1 is 1.27 bits per heavy atom. The van der Waals surface area contributed by atoms with Gasteiger partial charge in [0.05, 0.1) is 12.8 Å². The molecule has 0 aromatic heterocycles. The molecule has 6 heteroatoms. The molecule has 0 bridgehead atoms. The zero-order valence-electron chi connectivity index (χ0n) is 13.4. The van der Waals surface area contributed by atoms with Crippen molar-refractivity contribution in [2.45, 2.75) is 6.42 Å². The molecule has 22 heavy (non-hydrogen) atoms. The standard InChI is InChI=1S/C16H25N3O3/c1-17(16(20)21)8-5-9-18-10-12-19(13-11-18)14-6-3-4-7-15(14)22-2/h3-4,6-7H,5,8-13H2,1-2H3,(H,20,21). The van der Waals surface area contributed by atoms with Crippen LogP contribution in [0, 0.1) is 0 Å². The van der Waals surface area contributed by atoms with E-state index in [1.807, 2.05) is 18.2 Å². The topological polar surface area (TPSA) is 56.2 Å². The Bertz CT molecular complexity index is 487. The van der Waals surface area contributed by atoms with E-state index in [9.17, 15) is 4.79 Å². The minimum absolute atomic E-state index is 0.585. The number of ether oxygens (including phenoxy) is 1.